The maximum absolute atomic E-state index is 13.3. The van der Waals surface area contributed by atoms with E-state index in [0.29, 0.717) is 37.7 Å². The minimum Gasteiger partial charge on any atom is -0.465 e. The lowest BCUT2D eigenvalue weighted by atomic mass is 10.2. The summed E-state index contributed by atoms with van der Waals surface area (Å²) in [6, 6.07) is 18.8. The van der Waals surface area contributed by atoms with E-state index in [1.807, 2.05) is 31.2 Å². The lowest BCUT2D eigenvalue weighted by Gasteiger charge is -2.18. The molecule has 0 bridgehead atoms. The predicted octanol–water partition coefficient (Wildman–Crippen LogP) is 6.20. The van der Waals surface area contributed by atoms with E-state index in [4.69, 9.17) is 23.2 Å². The summed E-state index contributed by atoms with van der Waals surface area (Å²) in [5.74, 6) is -1.07. The van der Waals surface area contributed by atoms with Crippen LogP contribution in [-0.4, -0.2) is 35.8 Å². The van der Waals surface area contributed by atoms with Gasteiger partial charge in [-0.1, -0.05) is 58.7 Å². The first-order valence-electron chi connectivity index (χ1n) is 11.0. The Morgan fingerprint density at radius 2 is 1.73 bits per heavy atom. The molecule has 1 heterocycles. The number of benzene rings is 3. The smallest absolute Gasteiger partial charge is 0.337 e. The molecule has 0 saturated heterocycles. The molecule has 10 heteroatoms. The summed E-state index contributed by atoms with van der Waals surface area (Å²) in [6.45, 7) is 1.96. The van der Waals surface area contributed by atoms with E-state index in [-0.39, 0.29) is 23.3 Å². The van der Waals surface area contributed by atoms with Crippen LogP contribution in [0.2, 0.25) is 10.0 Å². The number of rotatable bonds is 6. The number of methoxy groups -OCH3 is 1. The fourth-order valence-corrected chi connectivity index (χ4v) is 4.53. The maximum atomic E-state index is 13.3. The van der Waals surface area contributed by atoms with Crippen molar-refractivity contribution in [2.45, 2.75) is 6.92 Å². The van der Waals surface area contributed by atoms with Crippen molar-refractivity contribution >= 4 is 75.4 Å². The SMILES string of the molecule is COC(=O)c1ccc(NC(=O)CSC2=NC(=Cc3ccc(Cl)c(Cl)c3)C(=O)N2c2ccc(C)cc2)cc1. The number of nitrogens with zero attached hydrogens (tertiary/aromatic N) is 2. The van der Waals surface area contributed by atoms with Crippen LogP contribution in [0.15, 0.2) is 77.4 Å². The molecule has 0 spiro atoms. The average molecular weight is 554 g/mol. The van der Waals surface area contributed by atoms with Crippen molar-refractivity contribution in [3.05, 3.63) is 99.2 Å². The second kappa shape index (κ2) is 11.6. The summed E-state index contributed by atoms with van der Waals surface area (Å²) in [5, 5.41) is 3.92. The summed E-state index contributed by atoms with van der Waals surface area (Å²) in [5.41, 5.74) is 3.47. The molecule has 0 unspecified atom stereocenters. The van der Waals surface area contributed by atoms with Gasteiger partial charge in [0.05, 0.1) is 34.2 Å². The number of ether oxygens (including phenoxy) is 1. The molecule has 2 amide bonds. The Labute approximate surface area is 228 Å². The van der Waals surface area contributed by atoms with Gasteiger partial charge in [0, 0.05) is 5.69 Å². The zero-order valence-corrected chi connectivity index (χ0v) is 22.2. The monoisotopic (exact) mass is 553 g/mol. The third-order valence-corrected chi connectivity index (χ3v) is 6.97. The Hall–Kier alpha value is -3.59. The predicted molar refractivity (Wildman–Crippen MR) is 149 cm³/mol. The number of nitrogens with one attached hydrogen (secondary N) is 1. The standard InChI is InChI=1S/C27H21Cl2N3O4S/c1-16-3-10-20(11-4-16)32-25(34)23(14-17-5-12-21(28)22(29)13-17)31-27(32)37-15-24(33)30-19-8-6-18(7-9-19)26(35)36-2/h3-14H,15H2,1-2H3,(H,30,33). The van der Waals surface area contributed by atoms with Crippen LogP contribution in [0.25, 0.3) is 6.08 Å². The van der Waals surface area contributed by atoms with Crippen LogP contribution in [0.1, 0.15) is 21.5 Å². The Bertz CT molecular complexity index is 1420. The van der Waals surface area contributed by atoms with E-state index >= 15 is 0 Å². The highest BCUT2D eigenvalue weighted by atomic mass is 35.5. The second-order valence-corrected chi connectivity index (χ2v) is 9.74. The van der Waals surface area contributed by atoms with Crippen LogP contribution < -0.4 is 10.2 Å². The molecule has 3 aromatic carbocycles. The van der Waals surface area contributed by atoms with Crippen LogP contribution in [0.4, 0.5) is 11.4 Å². The van der Waals surface area contributed by atoms with Crippen molar-refractivity contribution in [1.82, 2.24) is 0 Å². The van der Waals surface area contributed by atoms with E-state index < -0.39 is 5.97 Å². The van der Waals surface area contributed by atoms with Crippen molar-refractivity contribution in [1.29, 1.82) is 0 Å². The number of thioether (sulfide) groups is 1. The van der Waals surface area contributed by atoms with Gasteiger partial charge in [0.2, 0.25) is 5.91 Å². The molecule has 1 aliphatic heterocycles. The zero-order valence-electron chi connectivity index (χ0n) is 19.8. The van der Waals surface area contributed by atoms with Crippen LogP contribution in [0.5, 0.6) is 0 Å². The van der Waals surface area contributed by atoms with Crippen LogP contribution in [0, 0.1) is 6.92 Å². The number of halogens is 2. The number of amides is 2. The maximum Gasteiger partial charge on any atom is 0.337 e. The van der Waals surface area contributed by atoms with Gasteiger partial charge in [-0.3, -0.25) is 14.5 Å². The number of esters is 1. The first kappa shape index (κ1) is 26.5. The topological polar surface area (TPSA) is 88.1 Å². The van der Waals surface area contributed by atoms with E-state index in [0.717, 1.165) is 17.3 Å². The van der Waals surface area contributed by atoms with Gasteiger partial charge in [-0.2, -0.15) is 0 Å². The van der Waals surface area contributed by atoms with Crippen molar-refractivity contribution in [2.75, 3.05) is 23.1 Å². The van der Waals surface area contributed by atoms with Gasteiger partial charge in [0.25, 0.3) is 5.91 Å². The lowest BCUT2D eigenvalue weighted by molar-refractivity contribution is -0.114. The second-order valence-electron chi connectivity index (χ2n) is 7.98. The number of aryl methyl sites for hydroxylation is 1. The number of hydrogen-bond donors (Lipinski definition) is 1. The molecule has 0 aromatic heterocycles. The molecule has 1 N–H and O–H groups in total. The molecule has 188 valence electrons. The highest BCUT2D eigenvalue weighted by molar-refractivity contribution is 8.14. The molecule has 3 aromatic rings. The molecular weight excluding hydrogens is 533 g/mol. The average Bonchev–Trinajstić information content (AvgIpc) is 3.20. The van der Waals surface area contributed by atoms with Gasteiger partial charge in [-0.15, -0.1) is 0 Å². The number of anilines is 2. The fourth-order valence-electron chi connectivity index (χ4n) is 3.41. The van der Waals surface area contributed by atoms with Crippen LogP contribution >= 0.6 is 35.0 Å². The van der Waals surface area contributed by atoms with E-state index in [2.05, 4.69) is 15.0 Å². The number of hydrogen-bond acceptors (Lipinski definition) is 6. The first-order valence-corrected chi connectivity index (χ1v) is 12.8. The highest BCUT2D eigenvalue weighted by Gasteiger charge is 2.32. The van der Waals surface area contributed by atoms with Crippen LogP contribution in [-0.2, 0) is 14.3 Å². The number of aliphatic imine (C=N–C) groups is 1. The highest BCUT2D eigenvalue weighted by Crippen LogP contribution is 2.31. The quantitative estimate of drug-likeness (QED) is 0.290. The van der Waals surface area contributed by atoms with Gasteiger partial charge in [-0.05, 0) is 67.1 Å². The number of amidine groups is 1. The number of carbonyl (C=O) groups is 3. The van der Waals surface area contributed by atoms with Gasteiger partial charge in [-0.25, -0.2) is 9.79 Å². The molecule has 0 saturated carbocycles. The fraction of sp³-hybridized carbons (Fsp3) is 0.111. The van der Waals surface area contributed by atoms with Crippen molar-refractivity contribution in [3.63, 3.8) is 0 Å². The Balaban J connectivity index is 1.53. The lowest BCUT2D eigenvalue weighted by Crippen LogP contribution is -2.31. The summed E-state index contributed by atoms with van der Waals surface area (Å²) in [6.07, 6.45) is 1.63. The largest absolute Gasteiger partial charge is 0.465 e. The van der Waals surface area contributed by atoms with E-state index in [9.17, 15) is 14.4 Å². The molecule has 0 aliphatic carbocycles. The Morgan fingerprint density at radius 3 is 2.38 bits per heavy atom. The minimum absolute atomic E-state index is 0.00722. The summed E-state index contributed by atoms with van der Waals surface area (Å²) in [7, 11) is 1.30. The molecule has 0 fully saturated rings. The third-order valence-electron chi connectivity index (χ3n) is 5.29. The number of carbonyl (C=O) groups excluding carboxylic acids is 3. The third kappa shape index (κ3) is 6.40. The Morgan fingerprint density at radius 1 is 1.03 bits per heavy atom. The molecular formula is C27H21Cl2N3O4S. The summed E-state index contributed by atoms with van der Waals surface area (Å²) in [4.78, 5) is 43.6. The van der Waals surface area contributed by atoms with E-state index in [1.165, 1.54) is 12.0 Å². The molecule has 0 radical (unpaired) electrons. The minimum atomic E-state index is -0.460. The normalized spacial score (nSPS) is 14.1. The Kier molecular flexibility index (Phi) is 8.33. The molecule has 1 aliphatic rings. The first-order chi connectivity index (χ1) is 17.7. The van der Waals surface area contributed by atoms with Gasteiger partial charge >= 0.3 is 5.97 Å². The van der Waals surface area contributed by atoms with Crippen molar-refractivity contribution in [3.8, 4) is 0 Å². The summed E-state index contributed by atoms with van der Waals surface area (Å²) >= 11 is 13.3. The zero-order chi connectivity index (χ0) is 26.5. The van der Waals surface area contributed by atoms with Gasteiger partial charge < -0.3 is 10.1 Å². The van der Waals surface area contributed by atoms with Crippen LogP contribution in [0.3, 0.4) is 0 Å². The summed E-state index contributed by atoms with van der Waals surface area (Å²) < 4.78 is 4.68. The molecule has 37 heavy (non-hydrogen) atoms. The molecule has 4 rings (SSSR count). The van der Waals surface area contributed by atoms with Gasteiger partial charge in [0.1, 0.15) is 5.70 Å². The van der Waals surface area contributed by atoms with Crippen molar-refractivity contribution in [2.24, 2.45) is 4.99 Å². The van der Waals surface area contributed by atoms with Crippen molar-refractivity contribution < 1.29 is 19.1 Å². The molecule has 7 nitrogen and oxygen atoms in total. The molecule has 0 atom stereocenters. The van der Waals surface area contributed by atoms with E-state index in [1.54, 1.807) is 48.5 Å². The van der Waals surface area contributed by atoms with Gasteiger partial charge in [0.15, 0.2) is 5.17 Å².